The van der Waals surface area contributed by atoms with Gasteiger partial charge in [-0.25, -0.2) is 0 Å². The van der Waals surface area contributed by atoms with E-state index in [1.807, 2.05) is 0 Å². The molecule has 6 nitrogen and oxygen atoms in total. The van der Waals surface area contributed by atoms with Gasteiger partial charge in [0.05, 0.1) is 5.69 Å². The van der Waals surface area contributed by atoms with E-state index in [0.717, 1.165) is 37.3 Å². The van der Waals surface area contributed by atoms with Gasteiger partial charge in [-0.2, -0.15) is 5.10 Å². The zero-order chi connectivity index (χ0) is 19.8. The lowest BCUT2D eigenvalue weighted by Crippen LogP contribution is -2.56. The second-order valence-electron chi connectivity index (χ2n) is 8.50. The first kappa shape index (κ1) is 19.0. The van der Waals surface area contributed by atoms with E-state index in [2.05, 4.69) is 71.3 Å². The van der Waals surface area contributed by atoms with E-state index in [1.54, 1.807) is 6.92 Å². The molecule has 3 aliphatic rings. The van der Waals surface area contributed by atoms with E-state index >= 15 is 0 Å². The van der Waals surface area contributed by atoms with Gasteiger partial charge in [0.15, 0.2) is 0 Å². The van der Waals surface area contributed by atoms with E-state index in [0.29, 0.717) is 17.9 Å². The highest BCUT2D eigenvalue weighted by molar-refractivity contribution is 5.72. The maximum absolute atomic E-state index is 11.3. The van der Waals surface area contributed by atoms with E-state index in [1.165, 1.54) is 17.8 Å². The van der Waals surface area contributed by atoms with Gasteiger partial charge in [0.2, 0.25) is 5.91 Å². The van der Waals surface area contributed by atoms with Crippen molar-refractivity contribution >= 4 is 11.6 Å². The summed E-state index contributed by atoms with van der Waals surface area (Å²) >= 11 is 0. The lowest BCUT2D eigenvalue weighted by Gasteiger charge is -2.49. The molecule has 2 aromatic rings. The molecule has 0 spiro atoms. The zero-order valence-corrected chi connectivity index (χ0v) is 17.4. The van der Waals surface area contributed by atoms with Crippen LogP contribution in [0.25, 0.3) is 11.3 Å². The van der Waals surface area contributed by atoms with Crippen molar-refractivity contribution in [3.8, 4) is 11.3 Å². The number of hydrogen-bond donors (Lipinski definition) is 1. The van der Waals surface area contributed by atoms with Crippen LogP contribution in [0.1, 0.15) is 31.4 Å². The molecule has 1 amide bonds. The highest BCUT2D eigenvalue weighted by Gasteiger charge is 2.41. The number of piperidine rings is 3. The van der Waals surface area contributed by atoms with E-state index in [9.17, 15) is 4.79 Å². The first-order valence-electron chi connectivity index (χ1n) is 10.2. The number of anilines is 1. The number of nitrogens with zero attached hydrogens (tertiary/aromatic N) is 4. The van der Waals surface area contributed by atoms with Gasteiger partial charge in [-0.05, 0) is 43.5 Å². The van der Waals surface area contributed by atoms with Crippen LogP contribution in [0.3, 0.4) is 0 Å². The Balaban J connectivity index is 1.51. The molecule has 4 heterocycles. The Kier molecular flexibility index (Phi) is 5.15. The Hall–Kier alpha value is -2.34. The van der Waals surface area contributed by atoms with Crippen LogP contribution >= 0.6 is 0 Å². The normalized spacial score (nSPS) is 26.3. The first-order chi connectivity index (χ1) is 13.4. The fourth-order valence-electron chi connectivity index (χ4n) is 4.85. The summed E-state index contributed by atoms with van der Waals surface area (Å²) < 4.78 is 2.07. The van der Waals surface area contributed by atoms with Crippen LogP contribution in [0.5, 0.6) is 0 Å². The summed E-state index contributed by atoms with van der Waals surface area (Å²) in [6.07, 6.45) is 2.39. The zero-order valence-electron chi connectivity index (χ0n) is 17.4. The fourth-order valence-corrected chi connectivity index (χ4v) is 4.85. The van der Waals surface area contributed by atoms with Crippen molar-refractivity contribution in [3.63, 3.8) is 0 Å². The largest absolute Gasteiger partial charge is 0.378 e. The molecule has 1 N–H and O–H groups in total. The van der Waals surface area contributed by atoms with Gasteiger partial charge in [0.25, 0.3) is 0 Å². The number of aromatic nitrogens is 2. The van der Waals surface area contributed by atoms with Crippen LogP contribution in [0.4, 0.5) is 5.69 Å². The highest BCUT2D eigenvalue weighted by Crippen LogP contribution is 2.42. The average Bonchev–Trinajstić information content (AvgIpc) is 3.08. The first-order valence-corrected chi connectivity index (χ1v) is 10.2. The van der Waals surface area contributed by atoms with Gasteiger partial charge in [-0.1, -0.05) is 12.1 Å². The number of fused-ring (bicyclic) bond motifs is 3. The van der Waals surface area contributed by atoms with Crippen LogP contribution in [0.2, 0.25) is 0 Å². The maximum Gasteiger partial charge on any atom is 0.216 e. The van der Waals surface area contributed by atoms with Crippen LogP contribution in [-0.4, -0.2) is 60.4 Å². The second kappa shape index (κ2) is 7.59. The predicted octanol–water partition coefficient (Wildman–Crippen LogP) is 2.47. The number of aryl methyl sites for hydroxylation is 1. The predicted molar refractivity (Wildman–Crippen MR) is 112 cm³/mol. The fraction of sp³-hybridized carbons (Fsp3) is 0.545. The molecule has 4 atom stereocenters. The molecule has 1 aromatic carbocycles. The molecular formula is C22H31N5O. The smallest absolute Gasteiger partial charge is 0.216 e. The van der Waals surface area contributed by atoms with Gasteiger partial charge >= 0.3 is 0 Å². The standard InChI is InChI=1S/C22H31N5O/c1-15(28)23-13-19-11-17-9-10-27(19)14-20(17)22-12-21(24-26(22)4)16-5-7-18(8-6-16)25(2)3/h5-8,12,17,19-20H,9-11,13-14H2,1-4H3,(H,23,28). The molecule has 3 aliphatic heterocycles. The monoisotopic (exact) mass is 381 g/mol. The van der Waals surface area contributed by atoms with Gasteiger partial charge in [0, 0.05) is 70.1 Å². The average molecular weight is 382 g/mol. The van der Waals surface area contributed by atoms with Crippen molar-refractivity contribution in [2.75, 3.05) is 38.6 Å². The van der Waals surface area contributed by atoms with Crippen molar-refractivity contribution in [3.05, 3.63) is 36.0 Å². The van der Waals surface area contributed by atoms with Crippen LogP contribution in [0, 0.1) is 5.92 Å². The maximum atomic E-state index is 11.3. The van der Waals surface area contributed by atoms with Crippen molar-refractivity contribution in [2.45, 2.75) is 31.7 Å². The minimum absolute atomic E-state index is 0.0655. The second-order valence-corrected chi connectivity index (χ2v) is 8.50. The lowest BCUT2D eigenvalue weighted by molar-refractivity contribution is -0.119. The molecule has 5 rings (SSSR count). The molecule has 4 unspecified atom stereocenters. The van der Waals surface area contributed by atoms with E-state index in [-0.39, 0.29) is 5.91 Å². The molecular weight excluding hydrogens is 350 g/mol. The highest BCUT2D eigenvalue weighted by atomic mass is 16.1. The Labute approximate surface area is 167 Å². The number of amides is 1. The molecule has 2 bridgehead atoms. The lowest BCUT2D eigenvalue weighted by atomic mass is 9.74. The van der Waals surface area contributed by atoms with Crippen molar-refractivity contribution < 1.29 is 4.79 Å². The van der Waals surface area contributed by atoms with Crippen molar-refractivity contribution in [1.29, 1.82) is 0 Å². The molecule has 150 valence electrons. The summed E-state index contributed by atoms with van der Waals surface area (Å²) in [6.45, 7) is 4.57. The molecule has 3 fully saturated rings. The van der Waals surface area contributed by atoms with Crippen LogP contribution in [-0.2, 0) is 11.8 Å². The van der Waals surface area contributed by atoms with E-state index < -0.39 is 0 Å². The summed E-state index contributed by atoms with van der Waals surface area (Å²) in [5.74, 6) is 1.26. The summed E-state index contributed by atoms with van der Waals surface area (Å²) in [4.78, 5) is 15.9. The van der Waals surface area contributed by atoms with Gasteiger partial charge in [0.1, 0.15) is 0 Å². The van der Waals surface area contributed by atoms with Gasteiger partial charge in [-0.3, -0.25) is 14.4 Å². The number of rotatable bonds is 5. The third-order valence-electron chi connectivity index (χ3n) is 6.44. The van der Waals surface area contributed by atoms with Crippen LogP contribution in [0.15, 0.2) is 30.3 Å². The third kappa shape index (κ3) is 3.65. The topological polar surface area (TPSA) is 53.4 Å². The van der Waals surface area contributed by atoms with Crippen molar-refractivity contribution in [2.24, 2.45) is 13.0 Å². The van der Waals surface area contributed by atoms with E-state index in [4.69, 9.17) is 5.10 Å². The Morgan fingerprint density at radius 3 is 2.64 bits per heavy atom. The molecule has 0 aliphatic carbocycles. The molecule has 0 saturated carbocycles. The minimum Gasteiger partial charge on any atom is -0.378 e. The van der Waals surface area contributed by atoms with Crippen molar-refractivity contribution in [1.82, 2.24) is 20.0 Å². The summed E-state index contributed by atoms with van der Waals surface area (Å²) in [5.41, 5.74) is 4.74. The van der Waals surface area contributed by atoms with Gasteiger partial charge in [-0.15, -0.1) is 0 Å². The molecule has 0 radical (unpaired) electrons. The Morgan fingerprint density at radius 2 is 2.04 bits per heavy atom. The van der Waals surface area contributed by atoms with Crippen LogP contribution < -0.4 is 10.2 Å². The number of benzene rings is 1. The molecule has 1 aromatic heterocycles. The Morgan fingerprint density at radius 1 is 1.29 bits per heavy atom. The molecule has 6 heteroatoms. The third-order valence-corrected chi connectivity index (χ3v) is 6.44. The SMILES string of the molecule is CC(=O)NCC1CC2CCN1CC2c1cc(-c2ccc(N(C)C)cc2)nn1C. The minimum atomic E-state index is 0.0655. The number of carbonyl (C=O) groups is 1. The number of carbonyl (C=O) groups excluding carboxylic acids is 1. The summed E-state index contributed by atoms with van der Waals surface area (Å²) in [5, 5.41) is 7.82. The quantitative estimate of drug-likeness (QED) is 0.865. The number of nitrogens with one attached hydrogen (secondary N) is 1. The Bertz CT molecular complexity index is 841. The molecule has 3 saturated heterocycles. The summed E-state index contributed by atoms with van der Waals surface area (Å²) in [6, 6.07) is 11.4. The summed E-state index contributed by atoms with van der Waals surface area (Å²) in [7, 11) is 6.18. The molecule has 28 heavy (non-hydrogen) atoms. The van der Waals surface area contributed by atoms with Gasteiger partial charge < -0.3 is 10.2 Å². The number of hydrogen-bond acceptors (Lipinski definition) is 4.